The van der Waals surface area contributed by atoms with Crippen molar-refractivity contribution in [1.29, 1.82) is 0 Å². The van der Waals surface area contributed by atoms with Gasteiger partial charge in [0, 0.05) is 24.3 Å². The van der Waals surface area contributed by atoms with Gasteiger partial charge in [0.2, 0.25) is 0 Å². The smallest absolute Gasteiger partial charge is 0.0547 e. The summed E-state index contributed by atoms with van der Waals surface area (Å²) in [5, 5.41) is 3.79. The number of hydrogen-bond donors (Lipinski definition) is 1. The van der Waals surface area contributed by atoms with Gasteiger partial charge in [-0.05, 0) is 57.3 Å². The maximum Gasteiger partial charge on any atom is 0.0547 e. The molecule has 2 atom stereocenters. The number of likely N-dealkylation sites (N-methyl/N-ethyl adjacent to an activating group) is 1. The third-order valence-electron chi connectivity index (χ3n) is 4.85. The van der Waals surface area contributed by atoms with Gasteiger partial charge in [0.05, 0.1) is 5.69 Å². The van der Waals surface area contributed by atoms with Crippen LogP contribution in [0.25, 0.3) is 0 Å². The zero-order valence-corrected chi connectivity index (χ0v) is 14.3. The Bertz CT molecular complexity index is 456. The lowest BCUT2D eigenvalue weighted by Gasteiger charge is -2.36. The first-order valence-corrected chi connectivity index (χ1v) is 8.30. The Morgan fingerprint density at radius 3 is 2.81 bits per heavy atom. The summed E-state index contributed by atoms with van der Waals surface area (Å²) in [6, 6.07) is 7.49. The third-order valence-corrected chi connectivity index (χ3v) is 4.85. The molecule has 1 aromatic heterocycles. The largest absolute Gasteiger partial charge is 0.312 e. The molecule has 2 rings (SSSR count). The van der Waals surface area contributed by atoms with Crippen LogP contribution in [0.5, 0.6) is 0 Å². The van der Waals surface area contributed by atoms with Crippen LogP contribution in [-0.2, 0) is 6.54 Å². The first kappa shape index (κ1) is 16.4. The van der Waals surface area contributed by atoms with E-state index in [1.807, 2.05) is 0 Å². The molecule has 1 saturated carbocycles. The van der Waals surface area contributed by atoms with E-state index >= 15 is 0 Å². The van der Waals surface area contributed by atoms with E-state index in [9.17, 15) is 0 Å². The molecule has 0 aliphatic heterocycles. The molecular formula is C18H31N3. The van der Waals surface area contributed by atoms with Crippen LogP contribution >= 0.6 is 0 Å². The fourth-order valence-corrected chi connectivity index (χ4v) is 3.61. The molecule has 0 bridgehead atoms. The van der Waals surface area contributed by atoms with Gasteiger partial charge < -0.3 is 5.32 Å². The lowest BCUT2D eigenvalue weighted by molar-refractivity contribution is 0.164. The van der Waals surface area contributed by atoms with Gasteiger partial charge in [-0.1, -0.05) is 26.8 Å². The summed E-state index contributed by atoms with van der Waals surface area (Å²) in [6.45, 7) is 11.2. The highest BCUT2D eigenvalue weighted by Gasteiger charge is 2.43. The molecule has 21 heavy (non-hydrogen) atoms. The standard InChI is InChI=1S/C18H31N3/c1-6-12-19-17-16(10-11-18(17,3)4)21(5)13-15-9-7-8-14(2)20-15/h7-9,16-17,19H,6,10-13H2,1-5H3. The van der Waals surface area contributed by atoms with E-state index in [4.69, 9.17) is 0 Å². The average molecular weight is 289 g/mol. The number of nitrogens with zero attached hydrogens (tertiary/aromatic N) is 2. The summed E-state index contributed by atoms with van der Waals surface area (Å²) in [6.07, 6.45) is 3.77. The van der Waals surface area contributed by atoms with Crippen LogP contribution in [-0.4, -0.2) is 35.6 Å². The lowest BCUT2D eigenvalue weighted by Crippen LogP contribution is -2.50. The van der Waals surface area contributed by atoms with Gasteiger partial charge >= 0.3 is 0 Å². The van der Waals surface area contributed by atoms with Crippen LogP contribution in [0.2, 0.25) is 0 Å². The molecule has 1 fully saturated rings. The minimum atomic E-state index is 0.383. The average Bonchev–Trinajstić information content (AvgIpc) is 2.71. The Hall–Kier alpha value is -0.930. The third kappa shape index (κ3) is 4.04. The zero-order valence-electron chi connectivity index (χ0n) is 14.3. The minimum absolute atomic E-state index is 0.383. The van der Waals surface area contributed by atoms with Crippen LogP contribution in [0.4, 0.5) is 0 Å². The fourth-order valence-electron chi connectivity index (χ4n) is 3.61. The molecule has 2 unspecified atom stereocenters. The van der Waals surface area contributed by atoms with Gasteiger partial charge in [-0.25, -0.2) is 0 Å². The first-order valence-electron chi connectivity index (χ1n) is 8.30. The van der Waals surface area contributed by atoms with E-state index < -0.39 is 0 Å². The molecule has 3 heteroatoms. The fraction of sp³-hybridized carbons (Fsp3) is 0.722. The topological polar surface area (TPSA) is 28.2 Å². The van der Waals surface area contributed by atoms with Crippen LogP contribution in [0.1, 0.15) is 51.4 Å². The van der Waals surface area contributed by atoms with Crippen LogP contribution in [0, 0.1) is 12.3 Å². The van der Waals surface area contributed by atoms with E-state index in [0.29, 0.717) is 17.5 Å². The van der Waals surface area contributed by atoms with E-state index in [-0.39, 0.29) is 0 Å². The van der Waals surface area contributed by atoms with Crippen molar-refractivity contribution in [2.75, 3.05) is 13.6 Å². The van der Waals surface area contributed by atoms with Crippen molar-refractivity contribution in [3.8, 4) is 0 Å². The second-order valence-electron chi connectivity index (χ2n) is 7.21. The number of rotatable bonds is 6. The predicted molar refractivity (Wildman–Crippen MR) is 89.3 cm³/mol. The van der Waals surface area contributed by atoms with Gasteiger partial charge in [0.1, 0.15) is 0 Å². The summed E-state index contributed by atoms with van der Waals surface area (Å²) < 4.78 is 0. The molecule has 0 radical (unpaired) electrons. The van der Waals surface area contributed by atoms with Crippen molar-refractivity contribution in [3.63, 3.8) is 0 Å². The Balaban J connectivity index is 2.04. The Morgan fingerprint density at radius 2 is 2.14 bits per heavy atom. The molecule has 1 aromatic rings. The maximum absolute atomic E-state index is 4.65. The molecular weight excluding hydrogens is 258 g/mol. The molecule has 1 aliphatic rings. The van der Waals surface area contributed by atoms with Crippen molar-refractivity contribution in [1.82, 2.24) is 15.2 Å². The quantitative estimate of drug-likeness (QED) is 0.870. The molecule has 3 nitrogen and oxygen atoms in total. The summed E-state index contributed by atoms with van der Waals surface area (Å²) in [5.41, 5.74) is 2.67. The molecule has 0 saturated heterocycles. The summed E-state index contributed by atoms with van der Waals surface area (Å²) in [7, 11) is 2.25. The van der Waals surface area contributed by atoms with Crippen molar-refractivity contribution in [3.05, 3.63) is 29.6 Å². The van der Waals surface area contributed by atoms with Crippen molar-refractivity contribution in [2.24, 2.45) is 5.41 Å². The van der Waals surface area contributed by atoms with Crippen LogP contribution in [0.3, 0.4) is 0 Å². The van der Waals surface area contributed by atoms with Gasteiger partial charge in [-0.3, -0.25) is 9.88 Å². The van der Waals surface area contributed by atoms with Crippen molar-refractivity contribution in [2.45, 2.75) is 65.6 Å². The molecule has 118 valence electrons. The molecule has 1 aliphatic carbocycles. The zero-order chi connectivity index (χ0) is 15.5. The summed E-state index contributed by atoms with van der Waals surface area (Å²) in [4.78, 5) is 7.14. The van der Waals surface area contributed by atoms with E-state index in [0.717, 1.165) is 18.8 Å². The second-order valence-corrected chi connectivity index (χ2v) is 7.21. The lowest BCUT2D eigenvalue weighted by atomic mass is 9.86. The number of aromatic nitrogens is 1. The first-order chi connectivity index (χ1) is 9.94. The summed E-state index contributed by atoms with van der Waals surface area (Å²) >= 11 is 0. The Labute approximate surface area is 130 Å². The predicted octanol–water partition coefficient (Wildman–Crippen LogP) is 3.38. The van der Waals surface area contributed by atoms with E-state index in [1.165, 1.54) is 25.0 Å². The van der Waals surface area contributed by atoms with Gasteiger partial charge in [-0.2, -0.15) is 0 Å². The van der Waals surface area contributed by atoms with E-state index in [2.05, 4.69) is 68.1 Å². The number of nitrogens with one attached hydrogen (secondary N) is 1. The second kappa shape index (κ2) is 6.89. The minimum Gasteiger partial charge on any atom is -0.312 e. The molecule has 1 N–H and O–H groups in total. The van der Waals surface area contributed by atoms with Crippen LogP contribution in [0.15, 0.2) is 18.2 Å². The molecule has 0 aromatic carbocycles. The van der Waals surface area contributed by atoms with E-state index in [1.54, 1.807) is 0 Å². The number of pyridine rings is 1. The Morgan fingerprint density at radius 1 is 1.38 bits per heavy atom. The highest BCUT2D eigenvalue weighted by atomic mass is 15.2. The van der Waals surface area contributed by atoms with Crippen molar-refractivity contribution < 1.29 is 0 Å². The summed E-state index contributed by atoms with van der Waals surface area (Å²) in [5.74, 6) is 0. The van der Waals surface area contributed by atoms with Crippen molar-refractivity contribution >= 4 is 0 Å². The number of aryl methyl sites for hydroxylation is 1. The monoisotopic (exact) mass is 289 g/mol. The van der Waals surface area contributed by atoms with Crippen LogP contribution < -0.4 is 5.32 Å². The highest BCUT2D eigenvalue weighted by molar-refractivity contribution is 5.10. The number of hydrogen-bond acceptors (Lipinski definition) is 3. The molecule has 0 spiro atoms. The maximum atomic E-state index is 4.65. The SMILES string of the molecule is CCCNC1C(N(C)Cc2cccc(C)n2)CCC1(C)C. The molecule has 0 amide bonds. The molecule has 1 heterocycles. The van der Waals surface area contributed by atoms with Gasteiger partial charge in [0.25, 0.3) is 0 Å². The normalized spacial score (nSPS) is 24.7. The Kier molecular flexibility index (Phi) is 5.39. The van der Waals surface area contributed by atoms with Gasteiger partial charge in [0.15, 0.2) is 0 Å². The van der Waals surface area contributed by atoms with Gasteiger partial charge in [-0.15, -0.1) is 0 Å². The highest BCUT2D eigenvalue weighted by Crippen LogP contribution is 2.39.